The molecule has 1 heterocycles. The van der Waals surface area contributed by atoms with Crippen molar-refractivity contribution in [3.05, 3.63) is 17.3 Å². The summed E-state index contributed by atoms with van der Waals surface area (Å²) < 4.78 is 30.8. The van der Waals surface area contributed by atoms with Crippen molar-refractivity contribution in [3.8, 4) is 0 Å². The zero-order chi connectivity index (χ0) is 14.7. The smallest absolute Gasteiger partial charge is 0.211 e. The summed E-state index contributed by atoms with van der Waals surface area (Å²) in [7, 11) is -3.10. The van der Waals surface area contributed by atoms with Gasteiger partial charge in [0.25, 0.3) is 0 Å². The van der Waals surface area contributed by atoms with E-state index in [0.717, 1.165) is 17.3 Å². The van der Waals surface area contributed by atoms with Crippen LogP contribution in [0.4, 0.5) is 0 Å². The van der Waals surface area contributed by atoms with Gasteiger partial charge in [-0.1, -0.05) is 20.8 Å². The first kappa shape index (κ1) is 16.2. The van der Waals surface area contributed by atoms with E-state index in [4.69, 9.17) is 4.42 Å². The molecule has 0 aliphatic heterocycles. The number of nitrogens with zero attached hydrogens (tertiary/aromatic N) is 1. The Morgan fingerprint density at radius 1 is 1.32 bits per heavy atom. The molecular formula is C13H24N2O3S. The summed E-state index contributed by atoms with van der Waals surface area (Å²) in [5, 5.41) is 0. The van der Waals surface area contributed by atoms with E-state index in [0.29, 0.717) is 19.4 Å². The van der Waals surface area contributed by atoms with Crippen molar-refractivity contribution >= 4 is 10.0 Å². The van der Waals surface area contributed by atoms with Gasteiger partial charge in [0.2, 0.25) is 10.0 Å². The summed E-state index contributed by atoms with van der Waals surface area (Å²) in [4.78, 5) is 4.42. The van der Waals surface area contributed by atoms with Gasteiger partial charge in [-0.05, 0) is 20.3 Å². The molecular weight excluding hydrogens is 264 g/mol. The SMILES string of the molecule is CCS(=O)(=O)NCCCc1oc(C(C)(C)C)nc1C. The molecule has 0 bridgehead atoms. The summed E-state index contributed by atoms with van der Waals surface area (Å²) in [5.41, 5.74) is 0.788. The maximum atomic E-state index is 11.3. The van der Waals surface area contributed by atoms with Crippen molar-refractivity contribution in [1.82, 2.24) is 9.71 Å². The number of hydrogen-bond acceptors (Lipinski definition) is 4. The van der Waals surface area contributed by atoms with E-state index < -0.39 is 10.0 Å². The first-order valence-corrected chi connectivity index (χ1v) is 8.25. The Kier molecular flexibility index (Phi) is 5.15. The molecule has 0 saturated carbocycles. The molecule has 1 rings (SSSR count). The molecule has 1 N–H and O–H groups in total. The minimum Gasteiger partial charge on any atom is -0.445 e. The number of rotatable bonds is 6. The summed E-state index contributed by atoms with van der Waals surface area (Å²) in [5.74, 6) is 1.69. The van der Waals surface area contributed by atoms with E-state index in [1.807, 2.05) is 6.92 Å². The molecule has 0 spiro atoms. The van der Waals surface area contributed by atoms with Crippen LogP contribution in [0.25, 0.3) is 0 Å². The number of aryl methyl sites for hydroxylation is 2. The number of sulfonamides is 1. The van der Waals surface area contributed by atoms with Gasteiger partial charge in [-0.2, -0.15) is 0 Å². The maximum Gasteiger partial charge on any atom is 0.211 e. The van der Waals surface area contributed by atoms with Gasteiger partial charge >= 0.3 is 0 Å². The highest BCUT2D eigenvalue weighted by atomic mass is 32.2. The van der Waals surface area contributed by atoms with Crippen LogP contribution in [0.5, 0.6) is 0 Å². The zero-order valence-electron chi connectivity index (χ0n) is 12.4. The number of nitrogens with one attached hydrogen (secondary N) is 1. The minimum atomic E-state index is -3.10. The number of oxazole rings is 1. The quantitative estimate of drug-likeness (QED) is 0.814. The second-order valence-electron chi connectivity index (χ2n) is 5.68. The van der Waals surface area contributed by atoms with Gasteiger partial charge in [-0.15, -0.1) is 0 Å². The number of aromatic nitrogens is 1. The lowest BCUT2D eigenvalue weighted by atomic mass is 9.97. The van der Waals surface area contributed by atoms with Crippen LogP contribution in [-0.2, 0) is 21.9 Å². The van der Waals surface area contributed by atoms with Gasteiger partial charge in [0.05, 0.1) is 11.4 Å². The van der Waals surface area contributed by atoms with Crippen LogP contribution in [0.3, 0.4) is 0 Å². The van der Waals surface area contributed by atoms with Crippen molar-refractivity contribution in [1.29, 1.82) is 0 Å². The highest BCUT2D eigenvalue weighted by Crippen LogP contribution is 2.24. The fourth-order valence-corrected chi connectivity index (χ4v) is 2.22. The Hall–Kier alpha value is -0.880. The predicted molar refractivity (Wildman–Crippen MR) is 75.7 cm³/mol. The summed E-state index contributed by atoms with van der Waals surface area (Å²) in [6.07, 6.45) is 1.40. The van der Waals surface area contributed by atoms with Gasteiger partial charge in [0, 0.05) is 18.4 Å². The molecule has 1 aromatic rings. The van der Waals surface area contributed by atoms with E-state index in [-0.39, 0.29) is 11.2 Å². The van der Waals surface area contributed by atoms with Crippen molar-refractivity contribution in [3.63, 3.8) is 0 Å². The van der Waals surface area contributed by atoms with Crippen molar-refractivity contribution in [2.45, 2.75) is 52.9 Å². The molecule has 1 aromatic heterocycles. The van der Waals surface area contributed by atoms with Crippen molar-refractivity contribution in [2.75, 3.05) is 12.3 Å². The van der Waals surface area contributed by atoms with E-state index in [1.54, 1.807) is 6.92 Å². The first-order chi connectivity index (χ1) is 8.65. The molecule has 0 radical (unpaired) electrons. The summed E-state index contributed by atoms with van der Waals surface area (Å²) in [6.45, 7) is 10.1. The number of hydrogen-bond donors (Lipinski definition) is 1. The van der Waals surface area contributed by atoms with Crippen LogP contribution in [0.1, 0.15) is 51.5 Å². The fourth-order valence-electron chi connectivity index (χ4n) is 1.56. The molecule has 0 unspecified atom stereocenters. The average molecular weight is 288 g/mol. The Bertz CT molecular complexity index is 512. The highest BCUT2D eigenvalue weighted by molar-refractivity contribution is 7.89. The second kappa shape index (κ2) is 6.05. The van der Waals surface area contributed by atoms with Gasteiger partial charge < -0.3 is 4.42 Å². The molecule has 110 valence electrons. The standard InChI is InChI=1S/C13H24N2O3S/c1-6-19(16,17)14-9-7-8-11-10(2)15-12(18-11)13(3,4)5/h14H,6-9H2,1-5H3. The molecule has 0 saturated heterocycles. The molecule has 19 heavy (non-hydrogen) atoms. The molecule has 0 fully saturated rings. The Balaban J connectivity index is 2.53. The lowest BCUT2D eigenvalue weighted by Gasteiger charge is -2.12. The van der Waals surface area contributed by atoms with E-state index in [9.17, 15) is 8.42 Å². The van der Waals surface area contributed by atoms with Gasteiger partial charge in [0.15, 0.2) is 5.89 Å². The Labute approximate surface area is 115 Å². The minimum absolute atomic E-state index is 0.104. The summed E-state index contributed by atoms with van der Waals surface area (Å²) >= 11 is 0. The van der Waals surface area contributed by atoms with Crippen LogP contribution in [0.15, 0.2) is 4.42 Å². The van der Waals surface area contributed by atoms with E-state index in [2.05, 4.69) is 30.5 Å². The highest BCUT2D eigenvalue weighted by Gasteiger charge is 2.22. The van der Waals surface area contributed by atoms with Crippen LogP contribution in [0, 0.1) is 6.92 Å². The van der Waals surface area contributed by atoms with Crippen molar-refractivity contribution in [2.24, 2.45) is 0 Å². The lowest BCUT2D eigenvalue weighted by molar-refractivity contribution is 0.370. The largest absolute Gasteiger partial charge is 0.445 e. The molecule has 0 aromatic carbocycles. The predicted octanol–water partition coefficient (Wildman–Crippen LogP) is 2.15. The van der Waals surface area contributed by atoms with Crippen LogP contribution in [-0.4, -0.2) is 25.7 Å². The van der Waals surface area contributed by atoms with E-state index in [1.165, 1.54) is 0 Å². The third-order valence-corrected chi connectivity index (χ3v) is 4.22. The molecule has 5 nitrogen and oxygen atoms in total. The third kappa shape index (κ3) is 4.95. The Morgan fingerprint density at radius 2 is 1.95 bits per heavy atom. The molecule has 0 aliphatic rings. The molecule has 0 amide bonds. The van der Waals surface area contributed by atoms with Crippen molar-refractivity contribution < 1.29 is 12.8 Å². The normalized spacial score (nSPS) is 12.9. The summed E-state index contributed by atoms with van der Waals surface area (Å²) in [6, 6.07) is 0. The zero-order valence-corrected chi connectivity index (χ0v) is 13.2. The molecule has 0 aliphatic carbocycles. The van der Waals surface area contributed by atoms with Gasteiger partial charge in [0.1, 0.15) is 5.76 Å². The van der Waals surface area contributed by atoms with Gasteiger partial charge in [-0.3, -0.25) is 0 Å². The van der Waals surface area contributed by atoms with E-state index >= 15 is 0 Å². The van der Waals surface area contributed by atoms with Gasteiger partial charge in [-0.25, -0.2) is 18.1 Å². The molecule has 0 atom stereocenters. The fraction of sp³-hybridized carbons (Fsp3) is 0.769. The maximum absolute atomic E-state index is 11.3. The average Bonchev–Trinajstić information content (AvgIpc) is 2.66. The van der Waals surface area contributed by atoms with Crippen LogP contribution >= 0.6 is 0 Å². The lowest BCUT2D eigenvalue weighted by Crippen LogP contribution is -2.26. The Morgan fingerprint density at radius 3 is 2.42 bits per heavy atom. The van der Waals surface area contributed by atoms with Crippen LogP contribution in [0.2, 0.25) is 0 Å². The molecule has 6 heteroatoms. The monoisotopic (exact) mass is 288 g/mol. The second-order valence-corrected chi connectivity index (χ2v) is 7.77. The first-order valence-electron chi connectivity index (χ1n) is 6.60. The third-order valence-electron chi connectivity index (χ3n) is 2.82. The van der Waals surface area contributed by atoms with Crippen LogP contribution < -0.4 is 4.72 Å². The topological polar surface area (TPSA) is 72.2 Å².